The molecule has 0 atom stereocenters. The summed E-state index contributed by atoms with van der Waals surface area (Å²) in [5.74, 6) is -0.377. The third kappa shape index (κ3) is 3.37. The number of amides is 1. The summed E-state index contributed by atoms with van der Waals surface area (Å²) in [5, 5.41) is 11.4. The van der Waals surface area contributed by atoms with Crippen molar-refractivity contribution in [1.29, 1.82) is 5.41 Å². The van der Waals surface area contributed by atoms with E-state index < -0.39 is 0 Å². The second kappa shape index (κ2) is 7.73. The Kier molecular flexibility index (Phi) is 5.39. The molecule has 0 saturated heterocycles. The number of hydrogen-bond acceptors (Lipinski definition) is 4. The number of hydrogen-bond donors (Lipinski definition) is 2. The molecule has 7 heteroatoms. The average molecular weight is 367 g/mol. The van der Waals surface area contributed by atoms with Crippen LogP contribution in [0.1, 0.15) is 48.5 Å². The number of rotatable bonds is 6. The zero-order valence-electron chi connectivity index (χ0n) is 16.0. The monoisotopic (exact) mass is 367 g/mol. The van der Waals surface area contributed by atoms with Gasteiger partial charge in [0.2, 0.25) is 0 Å². The van der Waals surface area contributed by atoms with E-state index in [4.69, 9.17) is 10.4 Å². The molecule has 142 valence electrons. The van der Waals surface area contributed by atoms with Crippen LogP contribution in [0.2, 0.25) is 0 Å². The van der Waals surface area contributed by atoms with Gasteiger partial charge in [-0.25, -0.2) is 4.98 Å². The summed E-state index contributed by atoms with van der Waals surface area (Å²) in [7, 11) is 1.52. The maximum atomic E-state index is 13.1. The smallest absolute Gasteiger partial charge is 0.267 e. The van der Waals surface area contributed by atoms with Crippen LogP contribution in [0.15, 0.2) is 29.2 Å². The fourth-order valence-corrected chi connectivity index (χ4v) is 3.32. The van der Waals surface area contributed by atoms with Gasteiger partial charge in [0.05, 0.1) is 10.9 Å². The topological polar surface area (TPSA) is 92.2 Å². The summed E-state index contributed by atoms with van der Waals surface area (Å²) < 4.78 is 3.19. The van der Waals surface area contributed by atoms with Crippen LogP contribution >= 0.6 is 0 Å². The van der Waals surface area contributed by atoms with Gasteiger partial charge in [-0.1, -0.05) is 32.3 Å². The van der Waals surface area contributed by atoms with Gasteiger partial charge in [0, 0.05) is 19.8 Å². The Hall–Kier alpha value is -2.96. The maximum Gasteiger partial charge on any atom is 0.267 e. The average Bonchev–Trinajstić information content (AvgIpc) is 2.67. The second-order valence-corrected chi connectivity index (χ2v) is 6.74. The van der Waals surface area contributed by atoms with Crippen molar-refractivity contribution in [3.05, 3.63) is 51.4 Å². The first-order valence-corrected chi connectivity index (χ1v) is 9.31. The fraction of sp³-hybridized carbons (Fsp3) is 0.400. The quantitative estimate of drug-likeness (QED) is 0.517. The number of aromatic nitrogens is 3. The molecule has 27 heavy (non-hydrogen) atoms. The van der Waals surface area contributed by atoms with Crippen LogP contribution < -0.4 is 16.4 Å². The van der Waals surface area contributed by atoms with Crippen LogP contribution in [0, 0.1) is 12.3 Å². The molecule has 0 aliphatic heterocycles. The zero-order valence-corrected chi connectivity index (χ0v) is 16.0. The van der Waals surface area contributed by atoms with Crippen LogP contribution in [-0.4, -0.2) is 26.9 Å². The van der Waals surface area contributed by atoms with Crippen molar-refractivity contribution in [1.82, 2.24) is 19.3 Å². The van der Waals surface area contributed by atoms with Gasteiger partial charge in [-0.3, -0.25) is 19.4 Å². The summed E-state index contributed by atoms with van der Waals surface area (Å²) in [5.41, 5.74) is 1.96. The van der Waals surface area contributed by atoms with E-state index in [1.165, 1.54) is 17.5 Å². The first-order valence-electron chi connectivity index (χ1n) is 9.31. The van der Waals surface area contributed by atoms with E-state index in [1.54, 1.807) is 16.8 Å². The highest BCUT2D eigenvalue weighted by Crippen LogP contribution is 2.13. The van der Waals surface area contributed by atoms with Gasteiger partial charge < -0.3 is 9.88 Å². The van der Waals surface area contributed by atoms with E-state index in [0.717, 1.165) is 31.2 Å². The van der Waals surface area contributed by atoms with Crippen molar-refractivity contribution in [2.75, 3.05) is 7.05 Å². The van der Waals surface area contributed by atoms with E-state index in [0.29, 0.717) is 23.2 Å². The van der Waals surface area contributed by atoms with E-state index in [2.05, 4.69) is 12.2 Å². The predicted molar refractivity (Wildman–Crippen MR) is 105 cm³/mol. The molecule has 2 N–H and O–H groups in total. The van der Waals surface area contributed by atoms with Gasteiger partial charge in [0.25, 0.3) is 11.5 Å². The van der Waals surface area contributed by atoms with E-state index in [1.807, 2.05) is 13.0 Å². The normalized spacial score (nSPS) is 11.2. The first-order chi connectivity index (χ1) is 13.0. The molecule has 0 aliphatic carbocycles. The number of fused-ring (bicyclic) bond motifs is 2. The van der Waals surface area contributed by atoms with Gasteiger partial charge in [-0.05, 0) is 31.0 Å². The molecule has 0 saturated carbocycles. The van der Waals surface area contributed by atoms with E-state index in [9.17, 15) is 9.59 Å². The minimum atomic E-state index is -0.377. The summed E-state index contributed by atoms with van der Waals surface area (Å²) in [6.45, 7) is 4.59. The molecule has 0 aromatic carbocycles. The molecule has 0 radical (unpaired) electrons. The number of carbonyl (C=O) groups excluding carboxylic acids is 1. The lowest BCUT2D eigenvalue weighted by Crippen LogP contribution is -2.33. The lowest BCUT2D eigenvalue weighted by Gasteiger charge is -2.14. The zero-order chi connectivity index (χ0) is 19.6. The van der Waals surface area contributed by atoms with Crippen LogP contribution in [0.3, 0.4) is 0 Å². The van der Waals surface area contributed by atoms with Crippen molar-refractivity contribution in [2.24, 2.45) is 0 Å². The van der Waals surface area contributed by atoms with Crippen LogP contribution in [-0.2, 0) is 6.54 Å². The Morgan fingerprint density at radius 2 is 2.04 bits per heavy atom. The van der Waals surface area contributed by atoms with Gasteiger partial charge in [-0.15, -0.1) is 0 Å². The Morgan fingerprint density at radius 3 is 2.74 bits per heavy atom. The summed E-state index contributed by atoms with van der Waals surface area (Å²) in [4.78, 5) is 30.0. The van der Waals surface area contributed by atoms with E-state index in [-0.39, 0.29) is 22.5 Å². The number of pyridine rings is 2. The molecule has 3 aromatic rings. The van der Waals surface area contributed by atoms with Crippen molar-refractivity contribution in [2.45, 2.75) is 46.1 Å². The molecular weight excluding hydrogens is 342 g/mol. The number of nitrogens with zero attached hydrogens (tertiary/aromatic N) is 3. The largest absolute Gasteiger partial charge is 0.355 e. The number of carbonyl (C=O) groups is 1. The molecule has 0 spiro atoms. The summed E-state index contributed by atoms with van der Waals surface area (Å²) in [6.07, 6.45) is 5.79. The summed E-state index contributed by atoms with van der Waals surface area (Å²) in [6, 6.07) is 5.19. The highest BCUT2D eigenvalue weighted by atomic mass is 16.1. The molecule has 1 amide bonds. The number of aryl methyl sites for hydroxylation is 2. The molecule has 0 aliphatic rings. The predicted octanol–water partition coefficient (Wildman–Crippen LogP) is 2.38. The molecule has 3 rings (SSSR count). The molecule has 0 unspecified atom stereocenters. The minimum absolute atomic E-state index is 0.0863. The maximum absolute atomic E-state index is 13.1. The van der Waals surface area contributed by atoms with E-state index >= 15 is 0 Å². The Morgan fingerprint density at radius 1 is 1.26 bits per heavy atom. The highest BCUT2D eigenvalue weighted by molar-refractivity contribution is 5.96. The standard InChI is InChI=1S/C20H25N5O2/c1-4-5-6-7-10-24-16(21)14(19(26)22-3)12-15-18(24)23-17-13(2)9-8-11-25(17)20(15)27/h8-9,11-12,21H,4-7,10H2,1-3H3,(H,22,26). The first kappa shape index (κ1) is 18.8. The third-order valence-corrected chi connectivity index (χ3v) is 4.84. The molecule has 7 nitrogen and oxygen atoms in total. The minimum Gasteiger partial charge on any atom is -0.355 e. The SMILES string of the molecule is CCCCCCn1c(=N)c(C(=O)NC)cc2c(=O)n3cccc(C)c3nc21. The Balaban J connectivity index is 2.33. The van der Waals surface area contributed by atoms with Crippen LogP contribution in [0.5, 0.6) is 0 Å². The van der Waals surface area contributed by atoms with Crippen LogP contribution in [0.4, 0.5) is 0 Å². The van der Waals surface area contributed by atoms with Crippen LogP contribution in [0.25, 0.3) is 16.7 Å². The Bertz CT molecular complexity index is 1130. The second-order valence-electron chi connectivity index (χ2n) is 6.74. The van der Waals surface area contributed by atoms with Gasteiger partial charge in [0.1, 0.15) is 16.8 Å². The summed E-state index contributed by atoms with van der Waals surface area (Å²) >= 11 is 0. The molecule has 3 aromatic heterocycles. The fourth-order valence-electron chi connectivity index (χ4n) is 3.32. The molecule has 3 heterocycles. The van der Waals surface area contributed by atoms with Crippen molar-refractivity contribution >= 4 is 22.6 Å². The van der Waals surface area contributed by atoms with Gasteiger partial charge >= 0.3 is 0 Å². The highest BCUT2D eigenvalue weighted by Gasteiger charge is 2.17. The number of nitrogens with one attached hydrogen (secondary N) is 2. The lowest BCUT2D eigenvalue weighted by molar-refractivity contribution is 0.0960. The van der Waals surface area contributed by atoms with Gasteiger partial charge in [0.15, 0.2) is 0 Å². The number of unbranched alkanes of at least 4 members (excludes halogenated alkanes) is 3. The Labute approximate surface area is 157 Å². The van der Waals surface area contributed by atoms with Crippen molar-refractivity contribution in [3.63, 3.8) is 0 Å². The lowest BCUT2D eigenvalue weighted by atomic mass is 10.1. The molecular formula is C20H25N5O2. The third-order valence-electron chi connectivity index (χ3n) is 4.84. The van der Waals surface area contributed by atoms with Gasteiger partial charge in [-0.2, -0.15) is 0 Å². The molecule has 0 fully saturated rings. The molecule has 0 bridgehead atoms. The van der Waals surface area contributed by atoms with Crippen molar-refractivity contribution in [3.8, 4) is 0 Å². The van der Waals surface area contributed by atoms with Crippen molar-refractivity contribution < 1.29 is 4.79 Å².